The summed E-state index contributed by atoms with van der Waals surface area (Å²) < 4.78 is 3.59. The van der Waals surface area contributed by atoms with Crippen molar-refractivity contribution in [2.24, 2.45) is 7.05 Å². The van der Waals surface area contributed by atoms with Crippen molar-refractivity contribution in [2.45, 2.75) is 39.3 Å². The van der Waals surface area contributed by atoms with E-state index in [1.165, 1.54) is 0 Å². The van der Waals surface area contributed by atoms with Crippen molar-refractivity contribution >= 4 is 33.8 Å². The molecular formula is C25H31N7O2. The molecule has 178 valence electrons. The van der Waals surface area contributed by atoms with Crippen LogP contribution in [0.25, 0.3) is 16.6 Å². The summed E-state index contributed by atoms with van der Waals surface area (Å²) in [4.78, 5) is 20.1. The van der Waals surface area contributed by atoms with Gasteiger partial charge in [-0.1, -0.05) is 6.92 Å². The summed E-state index contributed by atoms with van der Waals surface area (Å²) in [5.41, 5.74) is 5.11. The average molecular weight is 462 g/mol. The molecule has 1 aromatic carbocycles. The van der Waals surface area contributed by atoms with Crippen LogP contribution in [0.2, 0.25) is 0 Å². The molecule has 0 bridgehead atoms. The van der Waals surface area contributed by atoms with Gasteiger partial charge in [-0.25, -0.2) is 4.98 Å². The Hall–Kier alpha value is -3.43. The van der Waals surface area contributed by atoms with E-state index in [9.17, 15) is 9.90 Å². The van der Waals surface area contributed by atoms with Crippen LogP contribution in [0.3, 0.4) is 0 Å². The van der Waals surface area contributed by atoms with Gasteiger partial charge in [-0.3, -0.25) is 9.48 Å². The first-order chi connectivity index (χ1) is 16.5. The van der Waals surface area contributed by atoms with E-state index in [-0.39, 0.29) is 12.5 Å². The fourth-order valence-electron chi connectivity index (χ4n) is 4.95. The van der Waals surface area contributed by atoms with Gasteiger partial charge in [0.05, 0.1) is 23.6 Å². The molecule has 34 heavy (non-hydrogen) atoms. The van der Waals surface area contributed by atoms with Gasteiger partial charge in [0.15, 0.2) is 0 Å². The smallest absolute Gasteiger partial charge is 0.257 e. The van der Waals surface area contributed by atoms with Gasteiger partial charge in [-0.15, -0.1) is 0 Å². The zero-order valence-electron chi connectivity index (χ0n) is 19.9. The van der Waals surface area contributed by atoms with Crippen LogP contribution in [-0.4, -0.2) is 55.9 Å². The highest BCUT2D eigenvalue weighted by molar-refractivity contribution is 6.14. The highest BCUT2D eigenvalue weighted by atomic mass is 16.3. The zero-order valence-corrected chi connectivity index (χ0v) is 19.9. The van der Waals surface area contributed by atoms with Crippen LogP contribution >= 0.6 is 0 Å². The summed E-state index contributed by atoms with van der Waals surface area (Å²) in [7, 11) is 1.88. The molecule has 9 heteroatoms. The molecule has 4 aromatic rings. The van der Waals surface area contributed by atoms with Crippen LogP contribution in [0.15, 0.2) is 36.8 Å². The topological polar surface area (TPSA) is 99.7 Å². The first kappa shape index (κ1) is 22.4. The number of carbonyl (C=O) groups is 1. The van der Waals surface area contributed by atoms with E-state index in [0.717, 1.165) is 49.2 Å². The Balaban J connectivity index is 1.44. The Kier molecular flexibility index (Phi) is 5.97. The number of fused-ring (bicyclic) bond motifs is 2. The number of imidazole rings is 1. The lowest BCUT2D eigenvalue weighted by Crippen LogP contribution is -2.42. The van der Waals surface area contributed by atoms with Gasteiger partial charge in [-0.05, 0) is 44.5 Å². The second kappa shape index (κ2) is 9.08. The Labute approximate surface area is 198 Å². The summed E-state index contributed by atoms with van der Waals surface area (Å²) in [6.07, 6.45) is 7.87. The monoisotopic (exact) mass is 461 g/mol. The molecule has 3 aromatic heterocycles. The van der Waals surface area contributed by atoms with Crippen LogP contribution in [-0.2, 0) is 13.7 Å². The van der Waals surface area contributed by atoms with Crippen LogP contribution in [0.1, 0.15) is 41.4 Å². The molecule has 9 nitrogen and oxygen atoms in total. The first-order valence-electron chi connectivity index (χ1n) is 11.8. The van der Waals surface area contributed by atoms with Gasteiger partial charge in [0, 0.05) is 61.4 Å². The number of anilines is 2. The lowest BCUT2D eigenvalue weighted by Gasteiger charge is -2.34. The van der Waals surface area contributed by atoms with Gasteiger partial charge in [-0.2, -0.15) is 5.10 Å². The number of benzene rings is 1. The highest BCUT2D eigenvalue weighted by Crippen LogP contribution is 2.31. The lowest BCUT2D eigenvalue weighted by molar-refractivity contribution is 0.102. The number of nitrogens with one attached hydrogen (secondary N) is 2. The predicted octanol–water partition coefficient (Wildman–Crippen LogP) is 2.85. The van der Waals surface area contributed by atoms with Crippen molar-refractivity contribution in [3.05, 3.63) is 53.6 Å². The van der Waals surface area contributed by atoms with Crippen molar-refractivity contribution in [1.29, 1.82) is 0 Å². The molecule has 0 saturated carbocycles. The van der Waals surface area contributed by atoms with Crippen molar-refractivity contribution in [3.63, 3.8) is 0 Å². The fourth-order valence-corrected chi connectivity index (χ4v) is 4.95. The standard InChI is InChI=1S/C25H31N7O2/c1-4-26-18-7-9-31(10-8-18)22-6-5-20(23-21(22)14-30(3)29-23)25(34)28-19-11-17(15-33)24-27-16(2)12-32(24)13-19/h5-6,11-14,18,26,33H,4,7-10,15H2,1-3H3,(H,28,34). The van der Waals surface area contributed by atoms with Gasteiger partial charge >= 0.3 is 0 Å². The molecule has 1 fully saturated rings. The number of piperidine rings is 1. The molecule has 3 N–H and O–H groups in total. The summed E-state index contributed by atoms with van der Waals surface area (Å²) in [6, 6.07) is 6.23. The molecule has 0 radical (unpaired) electrons. The zero-order chi connectivity index (χ0) is 23.8. The summed E-state index contributed by atoms with van der Waals surface area (Å²) in [6.45, 7) is 6.83. The molecule has 0 unspecified atom stereocenters. The minimum atomic E-state index is -0.235. The summed E-state index contributed by atoms with van der Waals surface area (Å²) in [5.74, 6) is -0.235. The second-order valence-electron chi connectivity index (χ2n) is 9.00. The molecular weight excluding hydrogens is 430 g/mol. The summed E-state index contributed by atoms with van der Waals surface area (Å²) in [5, 5.41) is 21.9. The van der Waals surface area contributed by atoms with Crippen LogP contribution in [0.5, 0.6) is 0 Å². The number of aliphatic hydroxyl groups excluding tert-OH is 1. The Morgan fingerprint density at radius 1 is 1.21 bits per heavy atom. The lowest BCUT2D eigenvalue weighted by atomic mass is 10.0. The Bertz CT molecular complexity index is 1350. The Morgan fingerprint density at radius 2 is 2.00 bits per heavy atom. The molecule has 0 aliphatic carbocycles. The third-order valence-corrected chi connectivity index (χ3v) is 6.52. The van der Waals surface area contributed by atoms with Crippen molar-refractivity contribution in [1.82, 2.24) is 24.5 Å². The van der Waals surface area contributed by atoms with Crippen molar-refractivity contribution < 1.29 is 9.90 Å². The van der Waals surface area contributed by atoms with E-state index in [1.54, 1.807) is 10.7 Å². The van der Waals surface area contributed by atoms with Gasteiger partial charge in [0.1, 0.15) is 11.2 Å². The largest absolute Gasteiger partial charge is 0.392 e. The van der Waals surface area contributed by atoms with E-state index in [0.29, 0.717) is 34.0 Å². The number of pyridine rings is 1. The van der Waals surface area contributed by atoms with E-state index in [4.69, 9.17) is 0 Å². The van der Waals surface area contributed by atoms with Crippen LogP contribution in [0.4, 0.5) is 11.4 Å². The first-order valence-corrected chi connectivity index (χ1v) is 11.8. The predicted molar refractivity (Wildman–Crippen MR) is 133 cm³/mol. The number of carbonyl (C=O) groups excluding carboxylic acids is 1. The van der Waals surface area contributed by atoms with Crippen molar-refractivity contribution in [3.8, 4) is 0 Å². The number of nitrogens with zero attached hydrogens (tertiary/aromatic N) is 5. The molecule has 1 saturated heterocycles. The summed E-state index contributed by atoms with van der Waals surface area (Å²) >= 11 is 0. The van der Waals surface area contributed by atoms with Crippen LogP contribution in [0, 0.1) is 6.92 Å². The molecule has 1 aliphatic rings. The second-order valence-corrected chi connectivity index (χ2v) is 9.00. The van der Waals surface area contributed by atoms with Gasteiger partial charge in [0.25, 0.3) is 5.91 Å². The minimum Gasteiger partial charge on any atom is -0.392 e. The highest BCUT2D eigenvalue weighted by Gasteiger charge is 2.23. The Morgan fingerprint density at radius 3 is 2.74 bits per heavy atom. The number of aliphatic hydroxyl groups is 1. The third-order valence-electron chi connectivity index (χ3n) is 6.52. The third kappa shape index (κ3) is 4.12. The van der Waals surface area contributed by atoms with E-state index in [1.807, 2.05) is 49.1 Å². The SMILES string of the molecule is CCNC1CCN(c2ccc(C(=O)Nc3cc(CO)c4nc(C)cn4c3)c3nn(C)cc23)CC1. The number of rotatable bonds is 6. The number of hydrogen-bond donors (Lipinski definition) is 3. The van der Waals surface area contributed by atoms with Gasteiger partial charge in [0.2, 0.25) is 0 Å². The minimum absolute atomic E-state index is 0.159. The van der Waals surface area contributed by atoms with Crippen molar-refractivity contribution in [2.75, 3.05) is 29.9 Å². The number of hydrogen-bond acceptors (Lipinski definition) is 6. The van der Waals surface area contributed by atoms with E-state index < -0.39 is 0 Å². The quantitative estimate of drug-likeness (QED) is 0.408. The maximum absolute atomic E-state index is 13.3. The maximum Gasteiger partial charge on any atom is 0.257 e. The molecule has 0 atom stereocenters. The molecule has 0 spiro atoms. The number of amides is 1. The van der Waals surface area contributed by atoms with E-state index in [2.05, 4.69) is 32.5 Å². The van der Waals surface area contributed by atoms with E-state index >= 15 is 0 Å². The normalized spacial score (nSPS) is 14.9. The average Bonchev–Trinajstić information content (AvgIpc) is 3.39. The molecule has 1 aliphatic heterocycles. The molecule has 5 rings (SSSR count). The molecule has 4 heterocycles. The van der Waals surface area contributed by atoms with Crippen LogP contribution < -0.4 is 15.5 Å². The number of aromatic nitrogens is 4. The van der Waals surface area contributed by atoms with Gasteiger partial charge < -0.3 is 25.0 Å². The fraction of sp³-hybridized carbons (Fsp3) is 0.400. The molecule has 1 amide bonds. The maximum atomic E-state index is 13.3. The number of aryl methyl sites for hydroxylation is 2.